The molecule has 1 aromatic heterocycles. The first-order valence-corrected chi connectivity index (χ1v) is 19.7. The van der Waals surface area contributed by atoms with Crippen molar-refractivity contribution < 1.29 is 23.9 Å². The number of ether oxygens (including phenoxy) is 1. The Morgan fingerprint density at radius 2 is 1.02 bits per heavy atom. The molecule has 1 saturated heterocycles. The maximum absolute atomic E-state index is 10.7. The number of hydrogen-bond donors (Lipinski definition) is 0. The first-order chi connectivity index (χ1) is 22.6. The van der Waals surface area contributed by atoms with E-state index in [1.165, 1.54) is 129 Å². The van der Waals surface area contributed by atoms with E-state index >= 15 is 0 Å². The van der Waals surface area contributed by atoms with E-state index in [-0.39, 0.29) is 23.3 Å². The molecule has 5 aliphatic rings. The Bertz CT molecular complexity index is 890. The molecule has 4 saturated carbocycles. The molecule has 0 aromatic carbocycles. The molecule has 8 heteroatoms. The van der Waals surface area contributed by atoms with E-state index in [1.807, 2.05) is 5.38 Å². The highest BCUT2D eigenvalue weighted by Gasteiger charge is 2.13. The molecule has 4 aliphatic carbocycles. The van der Waals surface area contributed by atoms with Gasteiger partial charge in [0.05, 0.1) is 24.6 Å². The van der Waals surface area contributed by atoms with Gasteiger partial charge in [0.1, 0.15) is 17.3 Å². The lowest BCUT2D eigenvalue weighted by Crippen LogP contribution is -2.39. The fourth-order valence-corrected chi connectivity index (χ4v) is 5.33. The van der Waals surface area contributed by atoms with Gasteiger partial charge in [0, 0.05) is 31.6 Å². The summed E-state index contributed by atoms with van der Waals surface area (Å²) in [5, 5.41) is 2.78. The normalized spacial score (nSPS) is 18.3. The van der Waals surface area contributed by atoms with Crippen molar-refractivity contribution in [2.45, 2.75) is 166 Å². The van der Waals surface area contributed by atoms with Gasteiger partial charge in [-0.3, -0.25) is 9.59 Å². The van der Waals surface area contributed by atoms with Crippen molar-refractivity contribution in [1.82, 2.24) is 9.88 Å². The Morgan fingerprint density at radius 3 is 1.21 bits per heavy atom. The Morgan fingerprint density at radius 1 is 0.646 bits per heavy atom. The molecule has 0 N–H and O–H groups in total. The van der Waals surface area contributed by atoms with E-state index < -0.39 is 0 Å². The van der Waals surface area contributed by atoms with E-state index in [2.05, 4.69) is 32.7 Å². The van der Waals surface area contributed by atoms with Gasteiger partial charge in [-0.25, -0.2) is 4.98 Å². The summed E-state index contributed by atoms with van der Waals surface area (Å²) < 4.78 is 5.06. The molecule has 6 rings (SSSR count). The minimum Gasteiger partial charge on any atom is -0.378 e. The van der Waals surface area contributed by atoms with Crippen LogP contribution in [0.25, 0.3) is 0 Å². The number of carbonyl (C=O) groups is 4. The molecule has 2 heterocycles. The van der Waals surface area contributed by atoms with Crippen LogP contribution >= 0.6 is 11.3 Å². The summed E-state index contributed by atoms with van der Waals surface area (Å²) in [7, 11) is 0. The third kappa shape index (κ3) is 40.2. The standard InChI is InChI=1S/C7H14.C6H11NO2.C6H7NOS.C6H12.C5H10.C4H8.2C3H6O/c1-7-5-3-2-4-6-7;1-6(8)7-2-4-9-5-3-7;1-5(8)4-6-7-2-3-9-6;1-6-4-2-3-5-6;1-5-3-2-4-5;1-4-2-3-4;2*1-3(2)4/h7H,2-6H2,1H3;2-5H2,1H3;2-3H,4H2,1H3;6H,2-5H2,1H3;5H,2-4H2,1H3;4H,2-3H2,1H3;2*1-2H3. The highest BCUT2D eigenvalue weighted by atomic mass is 32.1. The minimum absolute atomic E-state index is 0.151. The molecule has 5 fully saturated rings. The van der Waals surface area contributed by atoms with Crippen molar-refractivity contribution in [2.75, 3.05) is 26.3 Å². The molecule has 0 atom stereocenters. The summed E-state index contributed by atoms with van der Waals surface area (Å²) >= 11 is 1.52. The number of hydrogen-bond acceptors (Lipinski definition) is 7. The molecule has 0 spiro atoms. The van der Waals surface area contributed by atoms with Crippen molar-refractivity contribution >= 4 is 34.6 Å². The van der Waals surface area contributed by atoms with Crippen molar-refractivity contribution in [3.63, 3.8) is 0 Å². The maximum atomic E-state index is 10.7. The van der Waals surface area contributed by atoms with E-state index in [0.29, 0.717) is 19.6 Å². The Labute approximate surface area is 299 Å². The number of nitrogens with zero attached hydrogens (tertiary/aromatic N) is 2. The zero-order valence-corrected chi connectivity index (χ0v) is 33.6. The number of aromatic nitrogens is 1. The summed E-state index contributed by atoms with van der Waals surface area (Å²) in [4.78, 5) is 45.8. The van der Waals surface area contributed by atoms with Crippen molar-refractivity contribution in [3.8, 4) is 0 Å². The van der Waals surface area contributed by atoms with Crippen LogP contribution in [0.4, 0.5) is 0 Å². The molecular weight excluding hydrogens is 621 g/mol. The topological polar surface area (TPSA) is 93.6 Å². The SMILES string of the molecule is CC(=O)Cc1nccs1.CC(=O)N1CCOCC1.CC(C)=O.CC(C)=O.CC1CC1.CC1CCC1.CC1CCCC1.CC1CCCCC1. The second kappa shape index (κ2) is 32.3. The smallest absolute Gasteiger partial charge is 0.219 e. The molecule has 1 aromatic rings. The van der Waals surface area contributed by atoms with Crippen molar-refractivity contribution in [3.05, 3.63) is 16.6 Å². The monoisotopic (exact) mass is 695 g/mol. The number of morpholine rings is 1. The van der Waals surface area contributed by atoms with Crippen LogP contribution in [0.2, 0.25) is 0 Å². The number of ketones is 3. The summed E-state index contributed by atoms with van der Waals surface area (Å²) in [5.74, 6) is 4.89. The van der Waals surface area contributed by atoms with Gasteiger partial charge in [-0.15, -0.1) is 11.3 Å². The average molecular weight is 695 g/mol. The number of thiazole rings is 1. The van der Waals surface area contributed by atoms with Crippen LogP contribution in [-0.2, 0) is 30.3 Å². The number of amides is 1. The molecule has 0 radical (unpaired) electrons. The van der Waals surface area contributed by atoms with Crippen LogP contribution < -0.4 is 0 Å². The summed E-state index contributed by atoms with van der Waals surface area (Å²) in [5.41, 5.74) is 0. The third-order valence-corrected chi connectivity index (χ3v) is 8.92. The van der Waals surface area contributed by atoms with Crippen molar-refractivity contribution in [1.29, 1.82) is 0 Å². The van der Waals surface area contributed by atoms with Crippen LogP contribution in [0.1, 0.15) is 164 Å². The highest BCUT2D eigenvalue weighted by molar-refractivity contribution is 7.09. The first kappa shape index (κ1) is 48.2. The first-order valence-electron chi connectivity index (χ1n) is 18.8. The van der Waals surface area contributed by atoms with Crippen LogP contribution in [-0.4, -0.2) is 59.4 Å². The molecule has 0 bridgehead atoms. The van der Waals surface area contributed by atoms with Crippen LogP contribution in [0.3, 0.4) is 0 Å². The molecule has 0 unspecified atom stereocenters. The fraction of sp³-hybridized carbons (Fsp3) is 0.825. The Hall–Kier alpha value is -1.93. The summed E-state index contributed by atoms with van der Waals surface area (Å²) in [6.45, 7) is 21.5. The largest absolute Gasteiger partial charge is 0.378 e. The zero-order valence-electron chi connectivity index (χ0n) is 32.7. The van der Waals surface area contributed by atoms with Gasteiger partial charge in [-0.2, -0.15) is 0 Å². The predicted molar refractivity (Wildman–Crippen MR) is 204 cm³/mol. The van der Waals surface area contributed by atoms with E-state index in [0.717, 1.165) is 41.8 Å². The summed E-state index contributed by atoms with van der Waals surface area (Å²) in [6, 6.07) is 0. The van der Waals surface area contributed by atoms with Gasteiger partial charge < -0.3 is 19.2 Å². The Balaban J connectivity index is 0. The van der Waals surface area contributed by atoms with Gasteiger partial charge in [0.15, 0.2) is 0 Å². The lowest BCUT2D eigenvalue weighted by molar-refractivity contribution is -0.132. The lowest BCUT2D eigenvalue weighted by atomic mass is 9.88. The van der Waals surface area contributed by atoms with Gasteiger partial charge in [-0.1, -0.05) is 118 Å². The van der Waals surface area contributed by atoms with Gasteiger partial charge in [-0.05, 0) is 58.3 Å². The van der Waals surface area contributed by atoms with Gasteiger partial charge in [0.2, 0.25) is 5.91 Å². The van der Waals surface area contributed by atoms with Crippen LogP contribution in [0.15, 0.2) is 11.6 Å². The second-order valence-corrected chi connectivity index (χ2v) is 15.6. The molecular formula is C40H74N2O5S. The Kier molecular flexibility index (Phi) is 32.4. The number of Topliss-reactive ketones (excluding diaryl/α,β-unsaturated/α-hetero) is 3. The molecule has 7 nitrogen and oxygen atoms in total. The van der Waals surface area contributed by atoms with Crippen LogP contribution in [0, 0.1) is 23.7 Å². The maximum Gasteiger partial charge on any atom is 0.219 e. The quantitative estimate of drug-likeness (QED) is 0.306. The molecule has 1 aliphatic heterocycles. The van der Waals surface area contributed by atoms with Crippen molar-refractivity contribution in [2.24, 2.45) is 23.7 Å². The van der Waals surface area contributed by atoms with Gasteiger partial charge in [0.25, 0.3) is 0 Å². The number of rotatable bonds is 2. The third-order valence-electron chi connectivity index (χ3n) is 8.14. The highest BCUT2D eigenvalue weighted by Crippen LogP contribution is 2.27. The van der Waals surface area contributed by atoms with Crippen LogP contribution in [0.5, 0.6) is 0 Å². The van der Waals surface area contributed by atoms with E-state index in [1.54, 1.807) is 24.9 Å². The van der Waals surface area contributed by atoms with Gasteiger partial charge >= 0.3 is 0 Å². The average Bonchev–Trinajstić information content (AvgIpc) is 3.38. The molecule has 1 amide bonds. The second-order valence-electron chi connectivity index (χ2n) is 14.6. The zero-order chi connectivity index (χ0) is 36.7. The number of carbonyl (C=O) groups excluding carboxylic acids is 4. The van der Waals surface area contributed by atoms with E-state index in [4.69, 9.17) is 4.74 Å². The fourth-order valence-electron chi connectivity index (χ4n) is 4.65. The van der Waals surface area contributed by atoms with E-state index in [9.17, 15) is 19.2 Å². The minimum atomic E-state index is 0.151. The molecule has 280 valence electrons. The lowest BCUT2D eigenvalue weighted by Gasteiger charge is -2.25. The summed E-state index contributed by atoms with van der Waals surface area (Å²) in [6.07, 6.45) is 23.0. The predicted octanol–water partition coefficient (Wildman–Crippen LogP) is 10.3. The molecule has 48 heavy (non-hydrogen) atoms.